The largest absolute Gasteiger partial charge is 0.407 e. The van der Waals surface area contributed by atoms with Crippen LogP contribution in [0.1, 0.15) is 20.3 Å². The maximum atomic E-state index is 12.2. The van der Waals surface area contributed by atoms with Crippen LogP contribution in [0.15, 0.2) is 0 Å². The van der Waals surface area contributed by atoms with Gasteiger partial charge in [-0.1, -0.05) is 0 Å². The Morgan fingerprint density at radius 3 is 1.22 bits per heavy atom. The van der Waals surface area contributed by atoms with Gasteiger partial charge in [-0.15, -0.1) is 0 Å². The molecule has 0 aliphatic heterocycles. The molecular weight excluding hydrogens is 382 g/mol. The van der Waals surface area contributed by atoms with E-state index in [2.05, 4.69) is 8.37 Å². The summed E-state index contributed by atoms with van der Waals surface area (Å²) >= 11 is 0. The molecule has 0 rings (SSSR count). The lowest BCUT2D eigenvalue weighted by molar-refractivity contribution is -0.129. The Kier molecular flexibility index (Phi) is 7.33. The van der Waals surface area contributed by atoms with Crippen molar-refractivity contribution in [3.05, 3.63) is 0 Å². The molecule has 0 saturated carbocycles. The molecule has 0 fully saturated rings. The fourth-order valence-corrected chi connectivity index (χ4v) is 2.70. The van der Waals surface area contributed by atoms with Crippen LogP contribution >= 0.6 is 0 Å². The summed E-state index contributed by atoms with van der Waals surface area (Å²) in [5.41, 5.74) is 0. The summed E-state index contributed by atoms with van der Waals surface area (Å²) in [7, 11) is -9.97. The summed E-state index contributed by atoms with van der Waals surface area (Å²) in [4.78, 5) is 0. The molecule has 0 heterocycles. The van der Waals surface area contributed by atoms with Gasteiger partial charge in [0.05, 0.1) is 13.2 Å². The SMILES string of the molecule is CC(C(F)(F)F)S(=O)(=O)OCCCOS(=O)(=O)C(C)C(F)(F)F. The van der Waals surface area contributed by atoms with Crippen molar-refractivity contribution in [3.8, 4) is 0 Å². The van der Waals surface area contributed by atoms with E-state index in [0.717, 1.165) is 0 Å². The molecule has 0 spiro atoms. The molecule has 0 aliphatic rings. The summed E-state index contributed by atoms with van der Waals surface area (Å²) < 4.78 is 126. The first-order chi connectivity index (χ1) is 10.0. The van der Waals surface area contributed by atoms with Gasteiger partial charge >= 0.3 is 12.4 Å². The predicted octanol–water partition coefficient (Wildman–Crippen LogP) is 1.97. The zero-order valence-corrected chi connectivity index (χ0v) is 13.4. The van der Waals surface area contributed by atoms with Gasteiger partial charge in [0.25, 0.3) is 20.2 Å². The summed E-state index contributed by atoms with van der Waals surface area (Å²) in [6.45, 7) is -1.06. The highest BCUT2D eigenvalue weighted by Gasteiger charge is 2.47. The zero-order chi connectivity index (χ0) is 18.7. The van der Waals surface area contributed by atoms with Crippen molar-refractivity contribution in [2.45, 2.75) is 43.1 Å². The molecule has 0 amide bonds. The van der Waals surface area contributed by atoms with Gasteiger partial charge in [0.1, 0.15) is 0 Å². The van der Waals surface area contributed by atoms with Crippen LogP contribution in [0, 0.1) is 0 Å². The van der Waals surface area contributed by atoms with Crippen LogP contribution in [0.2, 0.25) is 0 Å². The third kappa shape index (κ3) is 7.22. The van der Waals surface area contributed by atoms with Gasteiger partial charge in [-0.3, -0.25) is 8.37 Å². The second kappa shape index (κ2) is 7.53. The lowest BCUT2D eigenvalue weighted by atomic mass is 10.5. The molecule has 0 aromatic heterocycles. The highest BCUT2D eigenvalue weighted by atomic mass is 32.2. The molecule has 0 radical (unpaired) electrons. The second-order valence-corrected chi connectivity index (χ2v) is 8.21. The topological polar surface area (TPSA) is 86.7 Å². The van der Waals surface area contributed by atoms with Crippen LogP contribution in [0.25, 0.3) is 0 Å². The van der Waals surface area contributed by atoms with E-state index in [9.17, 15) is 43.2 Å². The monoisotopic (exact) mass is 396 g/mol. The van der Waals surface area contributed by atoms with E-state index in [1.165, 1.54) is 0 Å². The molecule has 0 aliphatic carbocycles. The molecule has 0 aromatic rings. The van der Waals surface area contributed by atoms with Gasteiger partial charge < -0.3 is 0 Å². The minimum absolute atomic E-state index is 0.349. The lowest BCUT2D eigenvalue weighted by Gasteiger charge is -2.17. The molecule has 6 nitrogen and oxygen atoms in total. The smallest absolute Gasteiger partial charge is 0.270 e. The van der Waals surface area contributed by atoms with Crippen molar-refractivity contribution < 1.29 is 51.5 Å². The maximum absolute atomic E-state index is 12.2. The summed E-state index contributed by atoms with van der Waals surface area (Å²) in [6, 6.07) is 0. The van der Waals surface area contributed by atoms with E-state index in [-0.39, 0.29) is 0 Å². The molecule has 140 valence electrons. The Balaban J connectivity index is 4.40. The first kappa shape index (κ1) is 22.4. The average Bonchev–Trinajstić information content (AvgIpc) is 2.34. The Bertz CT molecular complexity index is 527. The third-order valence-electron chi connectivity index (χ3n) is 2.57. The zero-order valence-electron chi connectivity index (χ0n) is 11.8. The van der Waals surface area contributed by atoms with Crippen molar-refractivity contribution in [3.63, 3.8) is 0 Å². The first-order valence-electron chi connectivity index (χ1n) is 5.91. The number of hydrogen-bond donors (Lipinski definition) is 0. The highest BCUT2D eigenvalue weighted by Crippen LogP contribution is 2.27. The fourth-order valence-electron chi connectivity index (χ4n) is 0.941. The van der Waals surface area contributed by atoms with Crippen molar-refractivity contribution >= 4 is 20.2 Å². The van der Waals surface area contributed by atoms with Crippen molar-refractivity contribution in [2.24, 2.45) is 0 Å². The third-order valence-corrected chi connectivity index (χ3v) is 5.83. The molecule has 2 atom stereocenters. The molecule has 0 saturated heterocycles. The molecule has 0 N–H and O–H groups in total. The van der Waals surface area contributed by atoms with Crippen LogP contribution in [0.3, 0.4) is 0 Å². The lowest BCUT2D eigenvalue weighted by Crippen LogP contribution is -2.36. The van der Waals surface area contributed by atoms with Gasteiger partial charge in [0.2, 0.25) is 0 Å². The minimum atomic E-state index is -5.05. The number of hydrogen-bond acceptors (Lipinski definition) is 6. The Labute approximate surface area is 129 Å². The minimum Gasteiger partial charge on any atom is -0.270 e. The number of alkyl halides is 6. The quantitative estimate of drug-likeness (QED) is 0.354. The molecule has 14 heteroatoms. The van der Waals surface area contributed by atoms with Gasteiger partial charge in [-0.25, -0.2) is 0 Å². The van der Waals surface area contributed by atoms with Crippen LogP contribution in [-0.2, 0) is 28.6 Å². The van der Waals surface area contributed by atoms with Gasteiger partial charge in [0.15, 0.2) is 10.5 Å². The van der Waals surface area contributed by atoms with Crippen molar-refractivity contribution in [1.29, 1.82) is 0 Å². The van der Waals surface area contributed by atoms with Gasteiger partial charge in [0, 0.05) is 0 Å². The number of rotatable bonds is 8. The Hall–Kier alpha value is -0.600. The van der Waals surface area contributed by atoms with Crippen LogP contribution in [0.4, 0.5) is 26.3 Å². The van der Waals surface area contributed by atoms with Gasteiger partial charge in [-0.2, -0.15) is 43.2 Å². The molecule has 2 unspecified atom stereocenters. The summed E-state index contributed by atoms with van der Waals surface area (Å²) in [5, 5.41) is -5.60. The van der Waals surface area contributed by atoms with Crippen LogP contribution < -0.4 is 0 Å². The second-order valence-electron chi connectivity index (χ2n) is 4.35. The summed E-state index contributed by atoms with van der Waals surface area (Å²) in [5.74, 6) is 0. The van der Waals surface area contributed by atoms with E-state index >= 15 is 0 Å². The standard InChI is InChI=1S/C9H14F6O6S2/c1-6(8(10,11)12)22(16,17)20-4-3-5-21-23(18,19)7(2)9(13,14)15/h6-7H,3-5H2,1-2H3. The van der Waals surface area contributed by atoms with E-state index in [1.807, 2.05) is 0 Å². The first-order valence-corrected chi connectivity index (χ1v) is 8.86. The maximum Gasteiger partial charge on any atom is 0.407 e. The highest BCUT2D eigenvalue weighted by molar-refractivity contribution is 7.87. The van der Waals surface area contributed by atoms with Crippen LogP contribution in [-0.4, -0.2) is 52.9 Å². The normalized spacial score (nSPS) is 17.0. The van der Waals surface area contributed by atoms with E-state index in [4.69, 9.17) is 0 Å². The van der Waals surface area contributed by atoms with E-state index in [1.54, 1.807) is 0 Å². The summed E-state index contributed by atoms with van der Waals surface area (Å²) in [6.07, 6.45) is -10.7. The van der Waals surface area contributed by atoms with Crippen LogP contribution in [0.5, 0.6) is 0 Å². The van der Waals surface area contributed by atoms with Gasteiger partial charge in [-0.05, 0) is 20.3 Å². The molecule has 23 heavy (non-hydrogen) atoms. The predicted molar refractivity (Wildman–Crippen MR) is 65.4 cm³/mol. The van der Waals surface area contributed by atoms with Crippen molar-refractivity contribution in [2.75, 3.05) is 13.2 Å². The molecule has 0 bridgehead atoms. The number of halogens is 6. The fraction of sp³-hybridized carbons (Fsp3) is 1.00. The van der Waals surface area contributed by atoms with E-state index < -0.39 is 62.7 Å². The molecule has 0 aromatic carbocycles. The Morgan fingerprint density at radius 1 is 0.739 bits per heavy atom. The molecular formula is C9H14F6O6S2. The van der Waals surface area contributed by atoms with E-state index in [0.29, 0.717) is 13.8 Å². The van der Waals surface area contributed by atoms with Crippen molar-refractivity contribution in [1.82, 2.24) is 0 Å². The Morgan fingerprint density at radius 2 is 1.00 bits per heavy atom. The average molecular weight is 396 g/mol.